The lowest BCUT2D eigenvalue weighted by atomic mass is 9.85. The maximum absolute atomic E-state index is 10.7. The van der Waals surface area contributed by atoms with E-state index < -0.39 is 0 Å². The van der Waals surface area contributed by atoms with Gasteiger partial charge in [-0.15, -0.1) is 0 Å². The molecule has 16 heavy (non-hydrogen) atoms. The predicted molar refractivity (Wildman–Crippen MR) is 61.8 cm³/mol. The molecule has 1 aromatic rings. The highest BCUT2D eigenvalue weighted by molar-refractivity contribution is 5.67. The van der Waals surface area contributed by atoms with Gasteiger partial charge in [0, 0.05) is 11.8 Å². The van der Waals surface area contributed by atoms with Crippen molar-refractivity contribution in [3.63, 3.8) is 0 Å². The Morgan fingerprint density at radius 1 is 1.31 bits per heavy atom. The van der Waals surface area contributed by atoms with E-state index in [0.717, 1.165) is 11.5 Å². The molecule has 3 nitrogen and oxygen atoms in total. The number of oxazole rings is 1. The van der Waals surface area contributed by atoms with Crippen LogP contribution in [0.5, 0.6) is 0 Å². The standard InChI is InChI=1S/C13H19NO2/c1-9(2)13-12(14-11(8-15)16-13)10-6-4-3-5-7-10/h8-10H,3-7H2,1-2H3. The summed E-state index contributed by atoms with van der Waals surface area (Å²) in [6, 6.07) is 0. The van der Waals surface area contributed by atoms with E-state index in [-0.39, 0.29) is 5.89 Å². The van der Waals surface area contributed by atoms with Gasteiger partial charge in [-0.2, -0.15) is 0 Å². The van der Waals surface area contributed by atoms with Crippen molar-refractivity contribution < 1.29 is 9.21 Å². The van der Waals surface area contributed by atoms with Crippen molar-refractivity contribution in [3.05, 3.63) is 17.3 Å². The Morgan fingerprint density at radius 3 is 2.56 bits per heavy atom. The van der Waals surface area contributed by atoms with Crippen molar-refractivity contribution >= 4 is 6.29 Å². The third-order valence-corrected chi connectivity index (χ3v) is 3.31. The van der Waals surface area contributed by atoms with E-state index in [1.807, 2.05) is 0 Å². The van der Waals surface area contributed by atoms with E-state index in [1.165, 1.54) is 32.1 Å². The summed E-state index contributed by atoms with van der Waals surface area (Å²) in [4.78, 5) is 15.1. The minimum absolute atomic E-state index is 0.240. The Bertz CT molecular complexity index is 362. The van der Waals surface area contributed by atoms with Gasteiger partial charge in [0.15, 0.2) is 0 Å². The molecule has 0 N–H and O–H groups in total. The van der Waals surface area contributed by atoms with Gasteiger partial charge in [0.25, 0.3) is 5.89 Å². The van der Waals surface area contributed by atoms with Gasteiger partial charge in [0.2, 0.25) is 6.29 Å². The van der Waals surface area contributed by atoms with Crippen LogP contribution in [-0.4, -0.2) is 11.3 Å². The number of nitrogens with zero attached hydrogens (tertiary/aromatic N) is 1. The van der Waals surface area contributed by atoms with Crippen molar-refractivity contribution in [2.45, 2.75) is 57.8 Å². The maximum Gasteiger partial charge on any atom is 0.260 e. The van der Waals surface area contributed by atoms with Crippen LogP contribution in [0, 0.1) is 0 Å². The fourth-order valence-electron chi connectivity index (χ4n) is 2.49. The average molecular weight is 221 g/mol. The number of aromatic nitrogens is 1. The maximum atomic E-state index is 10.7. The molecule has 3 heteroatoms. The van der Waals surface area contributed by atoms with Gasteiger partial charge in [-0.05, 0) is 12.8 Å². The van der Waals surface area contributed by atoms with Crippen molar-refractivity contribution in [2.75, 3.05) is 0 Å². The van der Waals surface area contributed by atoms with Gasteiger partial charge in [0.05, 0.1) is 5.69 Å². The second kappa shape index (κ2) is 4.81. The van der Waals surface area contributed by atoms with Crippen LogP contribution in [0.2, 0.25) is 0 Å². The minimum atomic E-state index is 0.240. The normalized spacial score (nSPS) is 17.9. The molecule has 1 fully saturated rings. The molecule has 0 atom stereocenters. The number of carbonyl (C=O) groups excluding carboxylic acids is 1. The summed E-state index contributed by atoms with van der Waals surface area (Å²) in [6.07, 6.45) is 6.94. The highest BCUT2D eigenvalue weighted by atomic mass is 16.4. The molecule has 0 unspecified atom stereocenters. The zero-order valence-corrected chi connectivity index (χ0v) is 10.0. The summed E-state index contributed by atoms with van der Waals surface area (Å²) in [5.41, 5.74) is 1.04. The van der Waals surface area contributed by atoms with Crippen molar-refractivity contribution in [3.8, 4) is 0 Å². The highest BCUT2D eigenvalue weighted by Gasteiger charge is 2.25. The Labute approximate surface area is 96.3 Å². The lowest BCUT2D eigenvalue weighted by Crippen LogP contribution is -2.07. The van der Waals surface area contributed by atoms with E-state index in [0.29, 0.717) is 18.1 Å². The molecule has 1 saturated carbocycles. The van der Waals surface area contributed by atoms with E-state index >= 15 is 0 Å². The van der Waals surface area contributed by atoms with E-state index in [9.17, 15) is 4.79 Å². The highest BCUT2D eigenvalue weighted by Crippen LogP contribution is 2.36. The molecule has 1 heterocycles. The van der Waals surface area contributed by atoms with Crippen LogP contribution in [0.3, 0.4) is 0 Å². The fourth-order valence-corrected chi connectivity index (χ4v) is 2.49. The van der Waals surface area contributed by atoms with Crippen molar-refractivity contribution in [1.82, 2.24) is 4.98 Å². The molecular weight excluding hydrogens is 202 g/mol. The van der Waals surface area contributed by atoms with E-state index in [1.54, 1.807) is 0 Å². The first kappa shape index (κ1) is 11.4. The quantitative estimate of drug-likeness (QED) is 0.731. The lowest BCUT2D eigenvalue weighted by Gasteiger charge is -2.20. The van der Waals surface area contributed by atoms with Gasteiger partial charge in [0.1, 0.15) is 5.76 Å². The van der Waals surface area contributed by atoms with Crippen LogP contribution in [-0.2, 0) is 0 Å². The van der Waals surface area contributed by atoms with Crippen LogP contribution in [0.1, 0.15) is 79.9 Å². The fraction of sp³-hybridized carbons (Fsp3) is 0.692. The lowest BCUT2D eigenvalue weighted by molar-refractivity contribution is 0.109. The number of hydrogen-bond donors (Lipinski definition) is 0. The molecule has 0 spiro atoms. The van der Waals surface area contributed by atoms with Crippen LogP contribution >= 0.6 is 0 Å². The predicted octanol–water partition coefficient (Wildman–Crippen LogP) is 3.66. The number of rotatable bonds is 3. The van der Waals surface area contributed by atoms with Crippen LogP contribution < -0.4 is 0 Å². The Morgan fingerprint density at radius 2 is 2.00 bits per heavy atom. The Hall–Kier alpha value is -1.12. The molecule has 0 amide bonds. The SMILES string of the molecule is CC(C)c1oc(C=O)nc1C1CCCCC1. The number of carbonyl (C=O) groups is 1. The smallest absolute Gasteiger partial charge is 0.260 e. The molecule has 0 aliphatic heterocycles. The zero-order valence-electron chi connectivity index (χ0n) is 10.0. The van der Waals surface area contributed by atoms with Gasteiger partial charge >= 0.3 is 0 Å². The van der Waals surface area contributed by atoms with Crippen molar-refractivity contribution in [2.24, 2.45) is 0 Å². The van der Waals surface area contributed by atoms with Crippen LogP contribution in [0.25, 0.3) is 0 Å². The Kier molecular flexibility index (Phi) is 3.42. The van der Waals surface area contributed by atoms with Crippen LogP contribution in [0.4, 0.5) is 0 Å². The van der Waals surface area contributed by atoms with E-state index in [4.69, 9.17) is 4.42 Å². The molecule has 0 saturated heterocycles. The minimum Gasteiger partial charge on any atom is -0.439 e. The third-order valence-electron chi connectivity index (χ3n) is 3.31. The summed E-state index contributed by atoms with van der Waals surface area (Å²) in [5, 5.41) is 0. The van der Waals surface area contributed by atoms with E-state index in [2.05, 4.69) is 18.8 Å². The topological polar surface area (TPSA) is 43.1 Å². The molecule has 0 aromatic carbocycles. The number of hydrogen-bond acceptors (Lipinski definition) is 3. The summed E-state index contributed by atoms with van der Waals surface area (Å²) in [6.45, 7) is 4.17. The summed E-state index contributed by atoms with van der Waals surface area (Å²) in [5.74, 6) is 1.96. The molecule has 2 rings (SSSR count). The summed E-state index contributed by atoms with van der Waals surface area (Å²) >= 11 is 0. The molecule has 1 aliphatic rings. The molecule has 0 radical (unpaired) electrons. The monoisotopic (exact) mass is 221 g/mol. The van der Waals surface area contributed by atoms with Gasteiger partial charge in [-0.3, -0.25) is 4.79 Å². The zero-order chi connectivity index (χ0) is 11.5. The molecule has 1 aliphatic carbocycles. The average Bonchev–Trinajstić information content (AvgIpc) is 2.74. The first-order chi connectivity index (χ1) is 7.72. The largest absolute Gasteiger partial charge is 0.439 e. The van der Waals surface area contributed by atoms with Crippen molar-refractivity contribution in [1.29, 1.82) is 0 Å². The molecular formula is C13H19NO2. The molecule has 88 valence electrons. The van der Waals surface area contributed by atoms with Gasteiger partial charge in [-0.25, -0.2) is 4.98 Å². The molecule has 1 aromatic heterocycles. The first-order valence-corrected chi connectivity index (χ1v) is 6.18. The second-order valence-corrected chi connectivity index (χ2v) is 4.91. The third kappa shape index (κ3) is 2.18. The van der Waals surface area contributed by atoms with Crippen LogP contribution in [0.15, 0.2) is 4.42 Å². The Balaban J connectivity index is 2.29. The van der Waals surface area contributed by atoms with Gasteiger partial charge < -0.3 is 4.42 Å². The summed E-state index contributed by atoms with van der Waals surface area (Å²) < 4.78 is 5.50. The number of aldehydes is 1. The van der Waals surface area contributed by atoms with Gasteiger partial charge in [-0.1, -0.05) is 33.1 Å². The summed E-state index contributed by atoms with van der Waals surface area (Å²) in [7, 11) is 0. The first-order valence-electron chi connectivity index (χ1n) is 6.18. The second-order valence-electron chi connectivity index (χ2n) is 4.91. The molecule has 0 bridgehead atoms.